The van der Waals surface area contributed by atoms with Crippen molar-refractivity contribution < 1.29 is 13.9 Å². The minimum atomic E-state index is -0.422. The summed E-state index contributed by atoms with van der Waals surface area (Å²) in [5.74, 6) is -0.422. The van der Waals surface area contributed by atoms with Crippen LogP contribution in [0.1, 0.15) is 24.2 Å². The van der Waals surface area contributed by atoms with Crippen LogP contribution in [-0.4, -0.2) is 41.2 Å². The molecule has 1 aromatic heterocycles. The molecule has 2 aromatic rings. The normalized spacial score (nSPS) is 21.9. The molecule has 3 rings (SSSR count). The molecule has 1 saturated heterocycles. The lowest BCUT2D eigenvalue weighted by Crippen LogP contribution is -2.46. The topological polar surface area (TPSA) is 55.3 Å². The summed E-state index contributed by atoms with van der Waals surface area (Å²) in [7, 11) is 0. The molecular weight excluding hydrogens is 305 g/mol. The number of carbonyl (C=O) groups excluding carboxylic acids is 1. The van der Waals surface area contributed by atoms with Gasteiger partial charge in [0, 0.05) is 29.6 Å². The van der Waals surface area contributed by atoms with Gasteiger partial charge in [-0.15, -0.1) is 5.10 Å². The van der Waals surface area contributed by atoms with Crippen LogP contribution >= 0.6 is 11.5 Å². The molecule has 22 heavy (non-hydrogen) atoms. The van der Waals surface area contributed by atoms with Crippen LogP contribution < -0.4 is 4.90 Å². The van der Waals surface area contributed by atoms with Crippen molar-refractivity contribution in [3.63, 3.8) is 0 Å². The van der Waals surface area contributed by atoms with Crippen LogP contribution in [0.5, 0.6) is 0 Å². The number of morpholine rings is 1. The van der Waals surface area contributed by atoms with E-state index in [9.17, 15) is 9.18 Å². The van der Waals surface area contributed by atoms with Crippen molar-refractivity contribution in [2.45, 2.75) is 26.1 Å². The number of aldehydes is 1. The van der Waals surface area contributed by atoms with E-state index in [2.05, 4.69) is 9.59 Å². The standard InChI is InChI=1S/C15H16FN3O2S/c1-9-5-19(6-10(2)21-9)15-12(7-20)3-11(4-13(15)16)14-8-22-18-17-14/h3-4,7-10H,5-6H2,1-2H3. The second-order valence-electron chi connectivity index (χ2n) is 5.47. The zero-order chi connectivity index (χ0) is 15.7. The molecule has 0 amide bonds. The minimum absolute atomic E-state index is 0.00920. The second kappa shape index (κ2) is 6.10. The fourth-order valence-electron chi connectivity index (χ4n) is 2.84. The molecule has 2 atom stereocenters. The molecule has 1 fully saturated rings. The maximum Gasteiger partial charge on any atom is 0.152 e. The Morgan fingerprint density at radius 3 is 2.68 bits per heavy atom. The number of ether oxygens (including phenoxy) is 1. The number of benzene rings is 1. The third kappa shape index (κ3) is 2.86. The molecule has 0 N–H and O–H groups in total. The lowest BCUT2D eigenvalue weighted by atomic mass is 10.0. The summed E-state index contributed by atoms with van der Waals surface area (Å²) in [6, 6.07) is 3.07. The van der Waals surface area contributed by atoms with E-state index in [1.807, 2.05) is 18.7 Å². The zero-order valence-electron chi connectivity index (χ0n) is 12.3. The quantitative estimate of drug-likeness (QED) is 0.814. The Morgan fingerprint density at radius 1 is 1.36 bits per heavy atom. The van der Waals surface area contributed by atoms with Gasteiger partial charge in [-0.2, -0.15) is 0 Å². The van der Waals surface area contributed by atoms with Crippen molar-refractivity contribution in [1.82, 2.24) is 9.59 Å². The van der Waals surface area contributed by atoms with Gasteiger partial charge in [0.1, 0.15) is 11.5 Å². The molecule has 0 spiro atoms. The van der Waals surface area contributed by atoms with Gasteiger partial charge in [-0.1, -0.05) is 4.49 Å². The smallest absolute Gasteiger partial charge is 0.152 e. The molecule has 0 bridgehead atoms. The highest BCUT2D eigenvalue weighted by molar-refractivity contribution is 7.03. The Kier molecular flexibility index (Phi) is 4.17. The first kappa shape index (κ1) is 15.1. The molecule has 2 heterocycles. The molecule has 0 aliphatic carbocycles. The van der Waals surface area contributed by atoms with E-state index in [1.54, 1.807) is 11.4 Å². The molecular formula is C15H16FN3O2S. The largest absolute Gasteiger partial charge is 0.372 e. The van der Waals surface area contributed by atoms with Crippen molar-refractivity contribution in [3.8, 4) is 11.3 Å². The van der Waals surface area contributed by atoms with E-state index in [0.717, 1.165) is 0 Å². The molecule has 2 unspecified atom stereocenters. The molecule has 5 nitrogen and oxygen atoms in total. The van der Waals surface area contributed by atoms with E-state index in [4.69, 9.17) is 4.74 Å². The van der Waals surface area contributed by atoms with Crippen molar-refractivity contribution in [2.75, 3.05) is 18.0 Å². The maximum atomic E-state index is 14.6. The first-order chi connectivity index (χ1) is 10.6. The first-order valence-corrected chi connectivity index (χ1v) is 7.88. The number of halogens is 1. The summed E-state index contributed by atoms with van der Waals surface area (Å²) in [5.41, 5.74) is 1.79. The number of rotatable bonds is 3. The second-order valence-corrected chi connectivity index (χ2v) is 6.08. The van der Waals surface area contributed by atoms with Gasteiger partial charge in [0.25, 0.3) is 0 Å². The van der Waals surface area contributed by atoms with Gasteiger partial charge in [0.15, 0.2) is 6.29 Å². The fraction of sp³-hybridized carbons (Fsp3) is 0.400. The predicted octanol–water partition coefficient (Wildman–Crippen LogP) is 2.77. The van der Waals surface area contributed by atoms with E-state index in [-0.39, 0.29) is 12.2 Å². The maximum absolute atomic E-state index is 14.6. The SMILES string of the molecule is CC1CN(c2c(F)cc(-c3csnn3)cc2C=O)CC(C)O1. The number of hydrogen-bond donors (Lipinski definition) is 0. The van der Waals surface area contributed by atoms with Crippen molar-refractivity contribution in [1.29, 1.82) is 0 Å². The van der Waals surface area contributed by atoms with Crippen molar-refractivity contribution in [3.05, 3.63) is 28.9 Å². The molecule has 0 saturated carbocycles. The van der Waals surface area contributed by atoms with Crippen LogP contribution in [-0.2, 0) is 4.74 Å². The van der Waals surface area contributed by atoms with Gasteiger partial charge in [-0.25, -0.2) is 4.39 Å². The summed E-state index contributed by atoms with van der Waals surface area (Å²) >= 11 is 1.19. The van der Waals surface area contributed by atoms with Crippen LogP contribution in [0.25, 0.3) is 11.3 Å². The van der Waals surface area contributed by atoms with Gasteiger partial charge >= 0.3 is 0 Å². The molecule has 1 aromatic carbocycles. The minimum Gasteiger partial charge on any atom is -0.372 e. The monoisotopic (exact) mass is 321 g/mol. The zero-order valence-corrected chi connectivity index (χ0v) is 13.1. The molecule has 116 valence electrons. The molecule has 1 aliphatic heterocycles. The number of carbonyl (C=O) groups is 1. The van der Waals surface area contributed by atoms with E-state index in [1.165, 1.54) is 17.6 Å². The number of anilines is 1. The number of nitrogens with zero attached hydrogens (tertiary/aromatic N) is 3. The average Bonchev–Trinajstić information content (AvgIpc) is 2.99. The summed E-state index contributed by atoms with van der Waals surface area (Å²) in [5, 5.41) is 5.65. The van der Waals surface area contributed by atoms with Gasteiger partial charge < -0.3 is 9.64 Å². The molecule has 1 aliphatic rings. The Bertz CT molecular complexity index is 668. The summed E-state index contributed by atoms with van der Waals surface area (Å²) < 4.78 is 24.1. The van der Waals surface area contributed by atoms with Crippen LogP contribution in [0.4, 0.5) is 10.1 Å². The lowest BCUT2D eigenvalue weighted by Gasteiger charge is -2.37. The van der Waals surface area contributed by atoms with Gasteiger partial charge in [-0.05, 0) is 37.5 Å². The summed E-state index contributed by atoms with van der Waals surface area (Å²) in [6.07, 6.45) is 0.669. The number of hydrogen-bond acceptors (Lipinski definition) is 6. The highest BCUT2D eigenvalue weighted by atomic mass is 32.1. The first-order valence-electron chi connectivity index (χ1n) is 7.05. The average molecular weight is 321 g/mol. The number of aromatic nitrogens is 2. The van der Waals surface area contributed by atoms with Crippen LogP contribution in [0.3, 0.4) is 0 Å². The third-order valence-electron chi connectivity index (χ3n) is 3.61. The summed E-state index contributed by atoms with van der Waals surface area (Å²) in [6.45, 7) is 4.99. The predicted molar refractivity (Wildman–Crippen MR) is 82.9 cm³/mol. The Morgan fingerprint density at radius 2 is 2.09 bits per heavy atom. The Hall–Kier alpha value is -1.86. The van der Waals surface area contributed by atoms with E-state index in [0.29, 0.717) is 41.9 Å². The summed E-state index contributed by atoms with van der Waals surface area (Å²) in [4.78, 5) is 13.3. The van der Waals surface area contributed by atoms with E-state index < -0.39 is 5.82 Å². The van der Waals surface area contributed by atoms with Crippen LogP contribution in [0, 0.1) is 5.82 Å². The van der Waals surface area contributed by atoms with Gasteiger partial charge in [0.05, 0.1) is 17.9 Å². The molecule has 0 radical (unpaired) electrons. The fourth-order valence-corrected chi connectivity index (χ4v) is 3.31. The van der Waals surface area contributed by atoms with E-state index >= 15 is 0 Å². The Balaban J connectivity index is 2.02. The van der Waals surface area contributed by atoms with Crippen LogP contribution in [0.2, 0.25) is 0 Å². The van der Waals surface area contributed by atoms with Crippen molar-refractivity contribution in [2.24, 2.45) is 0 Å². The van der Waals surface area contributed by atoms with Crippen LogP contribution in [0.15, 0.2) is 17.5 Å². The van der Waals surface area contributed by atoms with Crippen molar-refractivity contribution >= 4 is 23.5 Å². The molecule has 7 heteroatoms. The third-order valence-corrected chi connectivity index (χ3v) is 4.12. The van der Waals surface area contributed by atoms with Gasteiger partial charge in [-0.3, -0.25) is 4.79 Å². The van der Waals surface area contributed by atoms with Gasteiger partial charge in [0.2, 0.25) is 0 Å². The highest BCUT2D eigenvalue weighted by Gasteiger charge is 2.26. The highest BCUT2D eigenvalue weighted by Crippen LogP contribution is 2.31. The lowest BCUT2D eigenvalue weighted by molar-refractivity contribution is -0.00543. The Labute approximate surface area is 131 Å².